The number of halogens is 1. The van der Waals surface area contributed by atoms with E-state index in [1.165, 1.54) is 12.1 Å². The molecular weight excluding hydrogens is 405 g/mol. The van der Waals surface area contributed by atoms with Gasteiger partial charge in [-0.2, -0.15) is 0 Å². The number of thiophene rings is 1. The van der Waals surface area contributed by atoms with Crippen molar-refractivity contribution in [3.63, 3.8) is 0 Å². The summed E-state index contributed by atoms with van der Waals surface area (Å²) in [6.07, 6.45) is 2.87. The fourth-order valence-electron chi connectivity index (χ4n) is 3.61. The molecule has 0 spiro atoms. The number of fused-ring (bicyclic) bond motifs is 1. The summed E-state index contributed by atoms with van der Waals surface area (Å²) in [6, 6.07) is 8.31. The highest BCUT2D eigenvalue weighted by Gasteiger charge is 2.30. The summed E-state index contributed by atoms with van der Waals surface area (Å²) in [7, 11) is 0. The van der Waals surface area contributed by atoms with E-state index in [2.05, 4.69) is 0 Å². The smallest absolute Gasteiger partial charge is 0.305 e. The van der Waals surface area contributed by atoms with Crippen LogP contribution in [-0.2, 0) is 4.79 Å². The Hall–Kier alpha value is -2.61. The number of hydrogen-bond donors (Lipinski definition) is 3. The minimum Gasteiger partial charge on any atom is -0.481 e. The van der Waals surface area contributed by atoms with E-state index >= 15 is 0 Å². The Morgan fingerprint density at radius 3 is 2.63 bits per heavy atom. The number of carbonyl (C=O) groups is 1. The van der Waals surface area contributed by atoms with Crippen LogP contribution < -0.4 is 0 Å². The van der Waals surface area contributed by atoms with Crippen LogP contribution >= 0.6 is 11.3 Å². The lowest BCUT2D eigenvalue weighted by atomic mass is 9.95. The maximum absolute atomic E-state index is 13.5. The van der Waals surface area contributed by atoms with E-state index in [0.29, 0.717) is 5.92 Å². The molecule has 0 unspecified atom stereocenters. The molecule has 1 saturated carbocycles. The second kappa shape index (κ2) is 8.63. The van der Waals surface area contributed by atoms with Gasteiger partial charge in [0.05, 0.1) is 34.5 Å². The number of benzene rings is 1. The standard InChI is InChI=1S/C23H22FNO4S/c24-15-5-3-13(4-6-15)21-18(8-7-16(26)11-17(27)12-20(28)29)22(14-1-2-14)25-19-9-10-30-23(19)21/h3-10,14,16-17,26-27H,1-2,11-12H2,(H,28,29)/b8-7+/t16-,17-/m1/s1. The van der Waals surface area contributed by atoms with Crippen LogP contribution in [0.4, 0.5) is 4.39 Å². The molecule has 7 heteroatoms. The fraction of sp³-hybridized carbons (Fsp3) is 0.304. The zero-order valence-electron chi connectivity index (χ0n) is 16.2. The molecule has 1 fully saturated rings. The van der Waals surface area contributed by atoms with Crippen molar-refractivity contribution in [3.05, 3.63) is 58.9 Å². The third kappa shape index (κ3) is 4.59. The molecule has 0 saturated heterocycles. The molecule has 0 aliphatic heterocycles. The summed E-state index contributed by atoms with van der Waals surface area (Å²) in [4.78, 5) is 15.6. The van der Waals surface area contributed by atoms with Crippen LogP contribution in [0.25, 0.3) is 27.4 Å². The number of aromatic nitrogens is 1. The number of aliphatic hydroxyl groups excluding tert-OH is 2. The second-order valence-electron chi connectivity index (χ2n) is 7.62. The Bertz CT molecular complexity index is 1090. The van der Waals surface area contributed by atoms with Crippen molar-refractivity contribution in [2.75, 3.05) is 0 Å². The molecule has 1 aliphatic carbocycles. The van der Waals surface area contributed by atoms with Gasteiger partial charge in [-0.05, 0) is 42.0 Å². The predicted octanol–water partition coefficient (Wildman–Crippen LogP) is 4.58. The average Bonchev–Trinajstić information content (AvgIpc) is 3.43. The molecule has 3 aromatic rings. The molecular formula is C23H22FNO4S. The monoisotopic (exact) mass is 427 g/mol. The molecule has 2 atom stereocenters. The van der Waals surface area contributed by atoms with Gasteiger partial charge in [0.2, 0.25) is 0 Å². The minimum absolute atomic E-state index is 0.0673. The summed E-state index contributed by atoms with van der Waals surface area (Å²) in [5.74, 6) is -1.07. The normalized spacial score (nSPS) is 16.2. The third-order valence-corrected chi connectivity index (χ3v) is 6.08. The number of aliphatic hydroxyl groups is 2. The lowest BCUT2D eigenvalue weighted by Crippen LogP contribution is -2.19. The first-order valence-corrected chi connectivity index (χ1v) is 10.7. The average molecular weight is 427 g/mol. The number of pyridine rings is 1. The van der Waals surface area contributed by atoms with E-state index in [4.69, 9.17) is 10.1 Å². The van der Waals surface area contributed by atoms with E-state index in [1.807, 2.05) is 11.4 Å². The molecule has 0 radical (unpaired) electrons. The number of nitrogens with zero attached hydrogens (tertiary/aromatic N) is 1. The van der Waals surface area contributed by atoms with Crippen LogP contribution in [0.1, 0.15) is 42.9 Å². The van der Waals surface area contributed by atoms with Crippen molar-refractivity contribution in [1.29, 1.82) is 0 Å². The van der Waals surface area contributed by atoms with Crippen molar-refractivity contribution in [2.45, 2.75) is 43.8 Å². The Balaban J connectivity index is 1.75. The lowest BCUT2D eigenvalue weighted by molar-refractivity contribution is -0.139. The van der Waals surface area contributed by atoms with Crippen LogP contribution in [0.5, 0.6) is 0 Å². The first-order valence-electron chi connectivity index (χ1n) is 9.85. The van der Waals surface area contributed by atoms with Crippen molar-refractivity contribution in [1.82, 2.24) is 4.98 Å². The van der Waals surface area contributed by atoms with Gasteiger partial charge in [0, 0.05) is 23.5 Å². The molecule has 5 nitrogen and oxygen atoms in total. The molecule has 2 heterocycles. The number of carboxylic acids is 1. The molecule has 4 rings (SSSR count). The van der Waals surface area contributed by atoms with Gasteiger partial charge in [0.15, 0.2) is 0 Å². The summed E-state index contributed by atoms with van der Waals surface area (Å²) in [5, 5.41) is 30.9. The Kier molecular flexibility index (Phi) is 5.94. The van der Waals surface area contributed by atoms with Crippen LogP contribution in [0.2, 0.25) is 0 Å². The van der Waals surface area contributed by atoms with E-state index < -0.39 is 24.6 Å². The van der Waals surface area contributed by atoms with Gasteiger partial charge >= 0.3 is 5.97 Å². The number of rotatable bonds is 8. The first kappa shape index (κ1) is 20.7. The maximum atomic E-state index is 13.5. The van der Waals surface area contributed by atoms with E-state index in [0.717, 1.165) is 45.4 Å². The molecule has 3 N–H and O–H groups in total. The van der Waals surface area contributed by atoms with Crippen molar-refractivity contribution in [3.8, 4) is 11.1 Å². The van der Waals surface area contributed by atoms with Crippen molar-refractivity contribution < 1.29 is 24.5 Å². The number of carboxylic acid groups (broad SMARTS) is 1. The summed E-state index contributed by atoms with van der Waals surface area (Å²) in [6.45, 7) is 0. The van der Waals surface area contributed by atoms with E-state index in [1.54, 1.807) is 35.6 Å². The molecule has 156 valence electrons. The predicted molar refractivity (Wildman–Crippen MR) is 115 cm³/mol. The lowest BCUT2D eigenvalue weighted by Gasteiger charge is -2.15. The van der Waals surface area contributed by atoms with E-state index in [-0.39, 0.29) is 12.2 Å². The summed E-state index contributed by atoms with van der Waals surface area (Å²) in [5.41, 5.74) is 4.55. The van der Waals surface area contributed by atoms with Crippen LogP contribution in [0, 0.1) is 5.82 Å². The van der Waals surface area contributed by atoms with Crippen LogP contribution in [0.15, 0.2) is 41.8 Å². The van der Waals surface area contributed by atoms with Crippen LogP contribution in [0.3, 0.4) is 0 Å². The first-order chi connectivity index (χ1) is 14.4. The van der Waals surface area contributed by atoms with Gasteiger partial charge in [0.25, 0.3) is 0 Å². The Morgan fingerprint density at radius 1 is 1.23 bits per heavy atom. The van der Waals surface area contributed by atoms with Gasteiger partial charge in [-0.25, -0.2) is 4.39 Å². The topological polar surface area (TPSA) is 90.7 Å². The minimum atomic E-state index is -1.13. The van der Waals surface area contributed by atoms with Gasteiger partial charge in [0.1, 0.15) is 5.82 Å². The van der Waals surface area contributed by atoms with Gasteiger partial charge < -0.3 is 15.3 Å². The molecule has 0 bridgehead atoms. The Morgan fingerprint density at radius 2 is 1.97 bits per heavy atom. The Labute approximate surface area is 177 Å². The molecule has 2 aromatic heterocycles. The van der Waals surface area contributed by atoms with Crippen molar-refractivity contribution in [2.24, 2.45) is 0 Å². The van der Waals surface area contributed by atoms with E-state index in [9.17, 15) is 19.4 Å². The summed E-state index contributed by atoms with van der Waals surface area (Å²) < 4.78 is 14.5. The fourth-order valence-corrected chi connectivity index (χ4v) is 4.52. The highest BCUT2D eigenvalue weighted by Crippen LogP contribution is 2.46. The quantitative estimate of drug-likeness (QED) is 0.490. The second-order valence-corrected chi connectivity index (χ2v) is 8.53. The van der Waals surface area contributed by atoms with Crippen LogP contribution in [-0.4, -0.2) is 38.5 Å². The summed E-state index contributed by atoms with van der Waals surface area (Å²) >= 11 is 1.56. The van der Waals surface area contributed by atoms with Crippen molar-refractivity contribution >= 4 is 33.6 Å². The molecule has 30 heavy (non-hydrogen) atoms. The molecule has 0 amide bonds. The SMILES string of the molecule is O=C(O)C[C@H](O)C[C@H](O)/C=C/c1c(C2CC2)nc2ccsc2c1-c1ccc(F)cc1. The number of aliphatic carboxylic acids is 1. The molecule has 1 aliphatic rings. The van der Waals surface area contributed by atoms with Gasteiger partial charge in [-0.15, -0.1) is 11.3 Å². The zero-order valence-corrected chi connectivity index (χ0v) is 17.0. The third-order valence-electron chi connectivity index (χ3n) is 5.16. The number of hydrogen-bond acceptors (Lipinski definition) is 5. The highest BCUT2D eigenvalue weighted by molar-refractivity contribution is 7.17. The molecule has 1 aromatic carbocycles. The van der Waals surface area contributed by atoms with Gasteiger partial charge in [-0.3, -0.25) is 9.78 Å². The highest BCUT2D eigenvalue weighted by atomic mass is 32.1. The largest absolute Gasteiger partial charge is 0.481 e. The van der Waals surface area contributed by atoms with Gasteiger partial charge in [-0.1, -0.05) is 24.3 Å². The maximum Gasteiger partial charge on any atom is 0.305 e. The zero-order chi connectivity index (χ0) is 21.3.